The van der Waals surface area contributed by atoms with Crippen LogP contribution in [0.15, 0.2) is 18.5 Å². The second-order valence-electron chi connectivity index (χ2n) is 3.80. The SMILES string of the molecule is CCC(Cl)CCNC(=O)c1cncc(C)c1. The predicted octanol–water partition coefficient (Wildman–Crippen LogP) is 2.53. The highest BCUT2D eigenvalue weighted by Gasteiger charge is 2.06. The van der Waals surface area contributed by atoms with Crippen LogP contribution in [0.3, 0.4) is 0 Å². The first-order valence-corrected chi connectivity index (χ1v) is 5.91. The summed E-state index contributed by atoms with van der Waals surface area (Å²) in [6, 6.07) is 1.82. The summed E-state index contributed by atoms with van der Waals surface area (Å²) in [6.45, 7) is 4.55. The van der Waals surface area contributed by atoms with E-state index < -0.39 is 0 Å². The van der Waals surface area contributed by atoms with Crippen LogP contribution in [0.1, 0.15) is 35.7 Å². The lowest BCUT2D eigenvalue weighted by Gasteiger charge is -2.08. The Hall–Kier alpha value is -1.09. The van der Waals surface area contributed by atoms with Crippen molar-refractivity contribution in [3.8, 4) is 0 Å². The van der Waals surface area contributed by atoms with E-state index in [4.69, 9.17) is 11.6 Å². The molecule has 0 aliphatic carbocycles. The van der Waals surface area contributed by atoms with E-state index in [1.807, 2.05) is 19.9 Å². The van der Waals surface area contributed by atoms with Gasteiger partial charge in [0.2, 0.25) is 0 Å². The van der Waals surface area contributed by atoms with E-state index in [0.29, 0.717) is 12.1 Å². The van der Waals surface area contributed by atoms with Gasteiger partial charge in [-0.2, -0.15) is 0 Å². The van der Waals surface area contributed by atoms with Gasteiger partial charge in [-0.1, -0.05) is 6.92 Å². The van der Waals surface area contributed by atoms with E-state index in [1.54, 1.807) is 12.4 Å². The number of pyridine rings is 1. The van der Waals surface area contributed by atoms with Crippen molar-refractivity contribution < 1.29 is 4.79 Å². The molecular formula is C12H17ClN2O. The fourth-order valence-electron chi connectivity index (χ4n) is 1.33. The Morgan fingerprint density at radius 1 is 1.56 bits per heavy atom. The number of carbonyl (C=O) groups excluding carboxylic acids is 1. The van der Waals surface area contributed by atoms with Crippen LogP contribution in [0.4, 0.5) is 0 Å². The number of carbonyl (C=O) groups is 1. The van der Waals surface area contributed by atoms with E-state index in [0.717, 1.165) is 18.4 Å². The molecule has 0 saturated heterocycles. The van der Waals surface area contributed by atoms with Crippen LogP contribution < -0.4 is 5.32 Å². The largest absolute Gasteiger partial charge is 0.352 e. The van der Waals surface area contributed by atoms with E-state index in [2.05, 4.69) is 10.3 Å². The number of aryl methyl sites for hydroxylation is 1. The lowest BCUT2D eigenvalue weighted by atomic mass is 10.2. The first-order chi connectivity index (χ1) is 7.63. The Kier molecular flexibility index (Phi) is 5.26. The molecule has 1 aromatic heterocycles. The van der Waals surface area contributed by atoms with Crippen LogP contribution in [0, 0.1) is 6.92 Å². The molecule has 0 saturated carbocycles. The second-order valence-corrected chi connectivity index (χ2v) is 4.42. The Labute approximate surface area is 101 Å². The normalized spacial score (nSPS) is 12.2. The van der Waals surface area contributed by atoms with Crippen molar-refractivity contribution >= 4 is 17.5 Å². The molecule has 1 heterocycles. The zero-order valence-electron chi connectivity index (χ0n) is 9.66. The van der Waals surface area contributed by atoms with Gasteiger partial charge in [0.15, 0.2) is 0 Å². The Morgan fingerprint density at radius 3 is 2.94 bits per heavy atom. The highest BCUT2D eigenvalue weighted by Crippen LogP contribution is 2.05. The summed E-state index contributed by atoms with van der Waals surface area (Å²) in [5.41, 5.74) is 1.58. The third-order valence-electron chi connectivity index (χ3n) is 2.32. The van der Waals surface area contributed by atoms with Crippen LogP contribution >= 0.6 is 11.6 Å². The van der Waals surface area contributed by atoms with Crippen molar-refractivity contribution in [2.45, 2.75) is 32.1 Å². The summed E-state index contributed by atoms with van der Waals surface area (Å²) < 4.78 is 0. The highest BCUT2D eigenvalue weighted by molar-refractivity contribution is 6.20. The maximum absolute atomic E-state index is 11.7. The zero-order chi connectivity index (χ0) is 12.0. The molecule has 3 nitrogen and oxygen atoms in total. The van der Waals surface area contributed by atoms with Gasteiger partial charge < -0.3 is 5.32 Å². The molecule has 88 valence electrons. The van der Waals surface area contributed by atoms with Gasteiger partial charge in [-0.3, -0.25) is 9.78 Å². The minimum absolute atomic E-state index is 0.0869. The summed E-state index contributed by atoms with van der Waals surface area (Å²) >= 11 is 5.96. The molecule has 0 spiro atoms. The molecule has 1 unspecified atom stereocenters. The van der Waals surface area contributed by atoms with E-state index in [1.165, 1.54) is 0 Å². The van der Waals surface area contributed by atoms with Crippen molar-refractivity contribution in [3.63, 3.8) is 0 Å². The number of alkyl halides is 1. The van der Waals surface area contributed by atoms with Crippen LogP contribution in [0.5, 0.6) is 0 Å². The summed E-state index contributed by atoms with van der Waals surface area (Å²) in [5, 5.41) is 2.96. The molecule has 0 aromatic carbocycles. The molecule has 1 amide bonds. The van der Waals surface area contributed by atoms with Gasteiger partial charge in [0.25, 0.3) is 5.91 Å². The fraction of sp³-hybridized carbons (Fsp3) is 0.500. The molecule has 0 aliphatic heterocycles. The fourth-order valence-corrected chi connectivity index (χ4v) is 1.44. The number of hydrogen-bond acceptors (Lipinski definition) is 2. The Balaban J connectivity index is 2.41. The van der Waals surface area contributed by atoms with Crippen molar-refractivity contribution in [2.75, 3.05) is 6.54 Å². The summed E-state index contributed by atoms with van der Waals surface area (Å²) in [7, 11) is 0. The van der Waals surface area contributed by atoms with Gasteiger partial charge in [0.05, 0.1) is 5.56 Å². The lowest BCUT2D eigenvalue weighted by Crippen LogP contribution is -2.26. The summed E-state index contributed by atoms with van der Waals surface area (Å²) in [6.07, 6.45) is 5.01. The van der Waals surface area contributed by atoms with Crippen LogP contribution in [0.25, 0.3) is 0 Å². The Morgan fingerprint density at radius 2 is 2.31 bits per heavy atom. The maximum atomic E-state index is 11.7. The van der Waals surface area contributed by atoms with Gasteiger partial charge in [-0.25, -0.2) is 0 Å². The van der Waals surface area contributed by atoms with Crippen LogP contribution in [-0.2, 0) is 0 Å². The first kappa shape index (κ1) is 13.0. The minimum atomic E-state index is -0.0869. The molecule has 0 fully saturated rings. The van der Waals surface area contributed by atoms with Gasteiger partial charge >= 0.3 is 0 Å². The standard InChI is InChI=1S/C12H17ClN2O/c1-3-11(13)4-5-15-12(16)10-6-9(2)7-14-8-10/h6-8,11H,3-5H2,1-2H3,(H,15,16). The lowest BCUT2D eigenvalue weighted by molar-refractivity contribution is 0.0952. The van der Waals surface area contributed by atoms with Crippen molar-refractivity contribution in [1.29, 1.82) is 0 Å². The number of nitrogens with zero attached hydrogens (tertiary/aromatic N) is 1. The van der Waals surface area contributed by atoms with Gasteiger partial charge in [0, 0.05) is 24.3 Å². The number of hydrogen-bond donors (Lipinski definition) is 1. The highest BCUT2D eigenvalue weighted by atomic mass is 35.5. The zero-order valence-corrected chi connectivity index (χ0v) is 10.4. The number of amides is 1. The minimum Gasteiger partial charge on any atom is -0.352 e. The molecule has 16 heavy (non-hydrogen) atoms. The average Bonchev–Trinajstić information content (AvgIpc) is 2.28. The van der Waals surface area contributed by atoms with Crippen LogP contribution in [0.2, 0.25) is 0 Å². The summed E-state index contributed by atoms with van der Waals surface area (Å²) in [4.78, 5) is 15.7. The average molecular weight is 241 g/mol. The van der Waals surface area contributed by atoms with Gasteiger partial charge in [0.1, 0.15) is 0 Å². The molecule has 1 N–H and O–H groups in total. The first-order valence-electron chi connectivity index (χ1n) is 5.47. The molecular weight excluding hydrogens is 224 g/mol. The van der Waals surface area contributed by atoms with Gasteiger partial charge in [-0.05, 0) is 31.4 Å². The number of nitrogens with one attached hydrogen (secondary N) is 1. The number of halogens is 1. The van der Waals surface area contributed by atoms with E-state index >= 15 is 0 Å². The quantitative estimate of drug-likeness (QED) is 0.804. The molecule has 1 rings (SSSR count). The monoisotopic (exact) mass is 240 g/mol. The molecule has 0 radical (unpaired) electrons. The third-order valence-corrected chi connectivity index (χ3v) is 2.85. The van der Waals surface area contributed by atoms with Crippen molar-refractivity contribution in [1.82, 2.24) is 10.3 Å². The second kappa shape index (κ2) is 6.48. The molecule has 4 heteroatoms. The molecule has 0 bridgehead atoms. The number of aromatic nitrogens is 1. The molecule has 0 aliphatic rings. The van der Waals surface area contributed by atoms with E-state index in [9.17, 15) is 4.79 Å². The topological polar surface area (TPSA) is 42.0 Å². The van der Waals surface area contributed by atoms with Gasteiger partial charge in [-0.15, -0.1) is 11.6 Å². The third kappa shape index (κ3) is 4.19. The van der Waals surface area contributed by atoms with Crippen LogP contribution in [-0.4, -0.2) is 22.8 Å². The number of rotatable bonds is 5. The summed E-state index contributed by atoms with van der Waals surface area (Å²) in [5.74, 6) is -0.0869. The van der Waals surface area contributed by atoms with Crippen molar-refractivity contribution in [3.05, 3.63) is 29.6 Å². The molecule has 1 aromatic rings. The Bertz CT molecular complexity index is 355. The smallest absolute Gasteiger partial charge is 0.252 e. The predicted molar refractivity (Wildman–Crippen MR) is 65.9 cm³/mol. The van der Waals surface area contributed by atoms with E-state index in [-0.39, 0.29) is 11.3 Å². The molecule has 1 atom stereocenters. The van der Waals surface area contributed by atoms with Crippen molar-refractivity contribution in [2.24, 2.45) is 0 Å². The maximum Gasteiger partial charge on any atom is 0.252 e.